The molecule has 0 bridgehead atoms. The van der Waals surface area contributed by atoms with E-state index in [4.69, 9.17) is 9.47 Å². The molecule has 1 unspecified atom stereocenters. The number of rotatable bonds is 3. The molecule has 1 aliphatic heterocycles. The highest BCUT2D eigenvalue weighted by atomic mass is 28.3. The van der Waals surface area contributed by atoms with E-state index in [2.05, 4.69) is 19.6 Å². The molecule has 2 aliphatic rings. The lowest BCUT2D eigenvalue weighted by Crippen LogP contribution is -2.60. The third-order valence-corrected chi connectivity index (χ3v) is 5.88. The van der Waals surface area contributed by atoms with Gasteiger partial charge in [-0.3, -0.25) is 9.59 Å². The van der Waals surface area contributed by atoms with Gasteiger partial charge in [0, 0.05) is 6.92 Å². The fraction of sp³-hybridized carbons (Fsp3) is 0.600. The molecule has 1 atom stereocenters. The molecule has 0 fully saturated rings. The lowest BCUT2D eigenvalue weighted by molar-refractivity contribution is -0.162. The van der Waals surface area contributed by atoms with Gasteiger partial charge in [0.15, 0.2) is 0 Å². The van der Waals surface area contributed by atoms with E-state index in [1.165, 1.54) is 6.92 Å². The molecule has 5 heteroatoms. The highest BCUT2D eigenvalue weighted by Crippen LogP contribution is 2.48. The van der Waals surface area contributed by atoms with Crippen LogP contribution in [0.1, 0.15) is 26.7 Å². The number of allylic oxidation sites excluding steroid dienone is 1. The second-order valence-corrected chi connectivity index (χ2v) is 11.4. The smallest absolute Gasteiger partial charge is 0.304 e. The Hall–Kier alpha value is -1.36. The highest BCUT2D eigenvalue weighted by Gasteiger charge is 2.61. The van der Waals surface area contributed by atoms with E-state index in [0.717, 1.165) is 23.6 Å². The van der Waals surface area contributed by atoms with Gasteiger partial charge in [0.25, 0.3) is 5.60 Å². The van der Waals surface area contributed by atoms with Crippen LogP contribution in [-0.4, -0.2) is 32.0 Å². The summed E-state index contributed by atoms with van der Waals surface area (Å²) in [7, 11) is -1.75. The van der Waals surface area contributed by atoms with E-state index in [-0.39, 0.29) is 5.78 Å². The molecular weight excluding hydrogens is 272 g/mol. The molecule has 0 aromatic heterocycles. The Bertz CT molecular complexity index is 524. The summed E-state index contributed by atoms with van der Waals surface area (Å²) in [4.78, 5) is 24.2. The summed E-state index contributed by atoms with van der Waals surface area (Å²) in [6, 6.07) is 0. The summed E-state index contributed by atoms with van der Waals surface area (Å²) in [5.41, 5.74) is -0.424. The van der Waals surface area contributed by atoms with Crippen LogP contribution in [0.5, 0.6) is 0 Å². The van der Waals surface area contributed by atoms with Gasteiger partial charge >= 0.3 is 5.97 Å². The molecule has 0 saturated carbocycles. The van der Waals surface area contributed by atoms with Crippen LogP contribution in [0.2, 0.25) is 19.6 Å². The van der Waals surface area contributed by atoms with Gasteiger partial charge in [0.2, 0.25) is 5.78 Å². The van der Waals surface area contributed by atoms with Crippen molar-refractivity contribution in [2.45, 2.75) is 51.9 Å². The average molecular weight is 294 g/mol. The van der Waals surface area contributed by atoms with Crippen LogP contribution in [-0.2, 0) is 19.1 Å². The van der Waals surface area contributed by atoms with Crippen LogP contribution in [0.4, 0.5) is 0 Å². The molecule has 4 nitrogen and oxygen atoms in total. The van der Waals surface area contributed by atoms with Gasteiger partial charge < -0.3 is 9.47 Å². The van der Waals surface area contributed by atoms with Crippen molar-refractivity contribution < 1.29 is 19.1 Å². The van der Waals surface area contributed by atoms with E-state index in [9.17, 15) is 9.59 Å². The monoisotopic (exact) mass is 294 g/mol. The number of hydrogen-bond donors (Lipinski definition) is 0. The van der Waals surface area contributed by atoms with E-state index < -0.39 is 19.6 Å². The minimum Gasteiger partial charge on any atom is -0.493 e. The predicted octanol–water partition coefficient (Wildman–Crippen LogP) is 2.76. The van der Waals surface area contributed by atoms with Crippen molar-refractivity contribution in [2.75, 3.05) is 6.61 Å². The summed E-state index contributed by atoms with van der Waals surface area (Å²) in [6.07, 6.45) is 3.66. The molecular formula is C15H22O4Si. The van der Waals surface area contributed by atoms with Crippen LogP contribution >= 0.6 is 0 Å². The van der Waals surface area contributed by atoms with Crippen LogP contribution in [0, 0.1) is 0 Å². The molecule has 0 radical (unpaired) electrons. The van der Waals surface area contributed by atoms with Crippen molar-refractivity contribution in [3.63, 3.8) is 0 Å². The number of Topliss-reactive ketones (excluding diaryl/α,β-unsaturated/α-hetero) is 1. The second-order valence-electron chi connectivity index (χ2n) is 6.41. The first-order valence-electron chi connectivity index (χ1n) is 7.01. The third-order valence-electron chi connectivity index (χ3n) is 3.78. The standard InChI is InChI=1S/C15H22O4Si/c1-10-13(20(3,4)5)14(17)15(10,19-11(2)16)12-8-6-7-9-18-12/h8H,6-7,9H2,1-5H3. The van der Waals surface area contributed by atoms with Gasteiger partial charge in [0.05, 0.1) is 14.7 Å². The van der Waals surface area contributed by atoms with Gasteiger partial charge in [-0.2, -0.15) is 0 Å². The molecule has 0 spiro atoms. The lowest BCUT2D eigenvalue weighted by Gasteiger charge is -2.46. The quantitative estimate of drug-likeness (QED) is 0.593. The maximum Gasteiger partial charge on any atom is 0.304 e. The number of ketones is 1. The first-order valence-corrected chi connectivity index (χ1v) is 10.5. The fourth-order valence-corrected chi connectivity index (χ4v) is 5.18. The molecule has 2 rings (SSSR count). The van der Waals surface area contributed by atoms with Gasteiger partial charge in [-0.15, -0.1) is 0 Å². The van der Waals surface area contributed by atoms with E-state index >= 15 is 0 Å². The zero-order valence-electron chi connectivity index (χ0n) is 12.8. The number of hydrogen-bond acceptors (Lipinski definition) is 4. The average Bonchev–Trinajstić information content (AvgIpc) is 2.35. The van der Waals surface area contributed by atoms with Crippen LogP contribution in [0.3, 0.4) is 0 Å². The molecule has 0 aromatic rings. The molecule has 0 aromatic carbocycles. The Balaban J connectivity index is 2.52. The predicted molar refractivity (Wildman–Crippen MR) is 78.8 cm³/mol. The zero-order valence-corrected chi connectivity index (χ0v) is 13.8. The first-order chi connectivity index (χ1) is 9.21. The van der Waals surface area contributed by atoms with Crippen molar-refractivity contribution >= 4 is 19.8 Å². The summed E-state index contributed by atoms with van der Waals surface area (Å²) < 4.78 is 11.1. The molecule has 0 saturated heterocycles. The molecule has 0 amide bonds. The summed E-state index contributed by atoms with van der Waals surface area (Å²) in [5.74, 6) is -0.0386. The van der Waals surface area contributed by atoms with Crippen LogP contribution < -0.4 is 0 Å². The third kappa shape index (κ3) is 2.14. The van der Waals surface area contributed by atoms with E-state index in [0.29, 0.717) is 12.4 Å². The maximum atomic E-state index is 12.8. The summed E-state index contributed by atoms with van der Waals surface area (Å²) >= 11 is 0. The number of carbonyl (C=O) groups is 2. The van der Waals surface area contributed by atoms with Gasteiger partial charge in [-0.05, 0) is 36.6 Å². The summed E-state index contributed by atoms with van der Waals surface area (Å²) in [5, 5.41) is 0.869. The molecule has 0 N–H and O–H groups in total. The number of carbonyl (C=O) groups excluding carboxylic acids is 2. The second kappa shape index (κ2) is 4.88. The maximum absolute atomic E-state index is 12.8. The molecule has 1 heterocycles. The Kier molecular flexibility index (Phi) is 3.67. The van der Waals surface area contributed by atoms with Crippen molar-refractivity contribution in [2.24, 2.45) is 0 Å². The highest BCUT2D eigenvalue weighted by molar-refractivity contribution is 6.88. The van der Waals surface area contributed by atoms with E-state index in [1.807, 2.05) is 13.0 Å². The minimum atomic E-state index is -1.75. The van der Waals surface area contributed by atoms with Crippen LogP contribution in [0.15, 0.2) is 22.6 Å². The lowest BCUT2D eigenvalue weighted by atomic mass is 9.76. The Morgan fingerprint density at radius 2 is 2.05 bits per heavy atom. The first kappa shape index (κ1) is 15.0. The van der Waals surface area contributed by atoms with Crippen molar-refractivity contribution in [3.05, 3.63) is 22.6 Å². The normalized spacial score (nSPS) is 26.6. The van der Waals surface area contributed by atoms with Crippen molar-refractivity contribution in [3.8, 4) is 0 Å². The molecule has 20 heavy (non-hydrogen) atoms. The van der Waals surface area contributed by atoms with Crippen molar-refractivity contribution in [1.82, 2.24) is 0 Å². The van der Waals surface area contributed by atoms with E-state index in [1.54, 1.807) is 0 Å². The van der Waals surface area contributed by atoms with Crippen molar-refractivity contribution in [1.29, 1.82) is 0 Å². The minimum absolute atomic E-state index is 0.0856. The topological polar surface area (TPSA) is 52.6 Å². The SMILES string of the molecule is CC(=O)OC1(C2=CCCCO2)C(=O)C([Si](C)(C)C)=C1C. The van der Waals surface area contributed by atoms with Gasteiger partial charge in [-0.1, -0.05) is 19.6 Å². The Morgan fingerprint density at radius 1 is 1.40 bits per heavy atom. The number of esters is 1. The fourth-order valence-electron chi connectivity index (χ4n) is 3.02. The largest absolute Gasteiger partial charge is 0.493 e. The molecule has 1 aliphatic carbocycles. The van der Waals surface area contributed by atoms with Gasteiger partial charge in [-0.25, -0.2) is 0 Å². The Morgan fingerprint density at radius 3 is 2.45 bits per heavy atom. The zero-order chi connectivity index (χ0) is 15.1. The van der Waals surface area contributed by atoms with Crippen LogP contribution in [0.25, 0.3) is 0 Å². The number of ether oxygens (including phenoxy) is 2. The Labute approximate surface area is 120 Å². The van der Waals surface area contributed by atoms with Gasteiger partial charge in [0.1, 0.15) is 5.76 Å². The molecule has 110 valence electrons. The summed E-state index contributed by atoms with van der Waals surface area (Å²) in [6.45, 7) is 10.2.